The molecule has 7 nitrogen and oxygen atoms in total. The average molecular weight is 402 g/mol. The average Bonchev–Trinajstić information content (AvgIpc) is 3.09. The van der Waals surface area contributed by atoms with Crippen molar-refractivity contribution in [3.8, 4) is 11.4 Å². The third kappa shape index (κ3) is 3.89. The monoisotopic (exact) mass is 402 g/mol. The second-order valence-electron chi connectivity index (χ2n) is 5.20. The maximum absolute atomic E-state index is 13.3. The Morgan fingerprint density at radius 1 is 1.19 bits per heavy atom. The fraction of sp³-hybridized carbons (Fsp3) is 0.133. The van der Waals surface area contributed by atoms with Gasteiger partial charge in [-0.3, -0.25) is 4.98 Å². The van der Waals surface area contributed by atoms with Crippen LogP contribution in [0.5, 0.6) is 0 Å². The summed E-state index contributed by atoms with van der Waals surface area (Å²) in [5.41, 5.74) is -5.47. The Morgan fingerprint density at radius 3 is 2.63 bits per heavy atom. The highest BCUT2D eigenvalue weighted by Gasteiger charge is 2.48. The fourth-order valence-corrected chi connectivity index (χ4v) is 3.05. The van der Waals surface area contributed by atoms with Gasteiger partial charge in [-0.05, 0) is 30.3 Å². The number of sulfone groups is 1. The molecule has 12 heteroatoms. The first-order valence-electron chi connectivity index (χ1n) is 7.26. The Labute approximate surface area is 150 Å². The molecule has 3 rings (SSSR count). The molecule has 0 fully saturated rings. The van der Waals surface area contributed by atoms with Crippen LogP contribution >= 0.6 is 0 Å². The molecule has 0 bridgehead atoms. The van der Waals surface area contributed by atoms with E-state index in [0.29, 0.717) is 11.6 Å². The molecule has 0 radical (unpaired) electrons. The first kappa shape index (κ1) is 18.8. The molecule has 27 heavy (non-hydrogen) atoms. The van der Waals surface area contributed by atoms with E-state index in [1.165, 1.54) is 6.20 Å². The first-order chi connectivity index (χ1) is 12.7. The molecular weight excluding hydrogens is 392 g/mol. The number of alkyl halides is 3. The van der Waals surface area contributed by atoms with Crippen LogP contribution in [0.4, 0.5) is 23.2 Å². The lowest BCUT2D eigenvalue weighted by Gasteiger charge is -2.13. The molecule has 0 amide bonds. The van der Waals surface area contributed by atoms with Crippen LogP contribution in [0.2, 0.25) is 0 Å². The number of benzene rings is 1. The molecule has 0 aliphatic carbocycles. The lowest BCUT2D eigenvalue weighted by molar-refractivity contribution is -0.0435. The van der Waals surface area contributed by atoms with Crippen molar-refractivity contribution >= 4 is 15.5 Å². The summed E-state index contributed by atoms with van der Waals surface area (Å²) in [6.07, 6.45) is 3.03. The highest BCUT2D eigenvalue weighted by molar-refractivity contribution is 7.92. The van der Waals surface area contributed by atoms with Gasteiger partial charge >= 0.3 is 5.51 Å². The Hall–Kier alpha value is -3.02. The summed E-state index contributed by atoms with van der Waals surface area (Å²) in [6.45, 7) is -0.279. The molecule has 0 aliphatic heterocycles. The van der Waals surface area contributed by atoms with Crippen molar-refractivity contribution in [1.29, 1.82) is 0 Å². The molecular formula is C15H10F4N4O3S. The zero-order valence-corrected chi connectivity index (χ0v) is 14.1. The maximum atomic E-state index is 13.3. The zero-order chi connectivity index (χ0) is 19.7. The standard InChI is InChI=1S/C15H10F4N4O3S/c16-10-3-4-11(12(6-10)27(24,25)15(17,18)19)21-8-13-22-14(23-26-13)9-2-1-5-20-7-9/h1-7,21H,8H2. The first-order valence-corrected chi connectivity index (χ1v) is 8.74. The van der Waals surface area contributed by atoms with Gasteiger partial charge in [-0.15, -0.1) is 0 Å². The third-order valence-electron chi connectivity index (χ3n) is 3.36. The van der Waals surface area contributed by atoms with Crippen LogP contribution in [0, 0.1) is 5.82 Å². The van der Waals surface area contributed by atoms with Crippen molar-refractivity contribution in [2.24, 2.45) is 0 Å². The van der Waals surface area contributed by atoms with Crippen LogP contribution in [0.1, 0.15) is 5.89 Å². The number of hydrogen-bond acceptors (Lipinski definition) is 7. The number of aromatic nitrogens is 3. The minimum Gasteiger partial charge on any atom is -0.375 e. The number of hydrogen-bond donors (Lipinski definition) is 1. The van der Waals surface area contributed by atoms with E-state index < -0.39 is 31.7 Å². The normalized spacial score (nSPS) is 12.1. The summed E-state index contributed by atoms with van der Waals surface area (Å²) in [7, 11) is -5.75. The zero-order valence-electron chi connectivity index (χ0n) is 13.2. The number of rotatable bonds is 5. The molecule has 1 N–H and O–H groups in total. The number of halogens is 4. The topological polar surface area (TPSA) is 98.0 Å². The van der Waals surface area contributed by atoms with Crippen LogP contribution in [-0.4, -0.2) is 29.1 Å². The molecule has 3 aromatic rings. The molecule has 2 heterocycles. The lowest BCUT2D eigenvalue weighted by Crippen LogP contribution is -2.24. The summed E-state index contributed by atoms with van der Waals surface area (Å²) in [4.78, 5) is 6.68. The van der Waals surface area contributed by atoms with E-state index in [0.717, 1.165) is 12.1 Å². The van der Waals surface area contributed by atoms with Crippen molar-refractivity contribution in [2.75, 3.05) is 5.32 Å². The van der Waals surface area contributed by atoms with E-state index in [4.69, 9.17) is 4.52 Å². The van der Waals surface area contributed by atoms with E-state index in [9.17, 15) is 26.0 Å². The second kappa shape index (κ2) is 6.95. The minimum atomic E-state index is -5.75. The van der Waals surface area contributed by atoms with Crippen molar-refractivity contribution in [3.63, 3.8) is 0 Å². The van der Waals surface area contributed by atoms with Gasteiger partial charge in [0.05, 0.1) is 12.2 Å². The smallest absolute Gasteiger partial charge is 0.375 e. The molecule has 142 valence electrons. The highest BCUT2D eigenvalue weighted by Crippen LogP contribution is 2.35. The van der Waals surface area contributed by atoms with E-state index in [-0.39, 0.29) is 18.3 Å². The highest BCUT2D eigenvalue weighted by atomic mass is 32.2. The van der Waals surface area contributed by atoms with Gasteiger partial charge in [-0.25, -0.2) is 12.8 Å². The number of pyridine rings is 1. The summed E-state index contributed by atoms with van der Waals surface area (Å²) < 4.78 is 79.9. The molecule has 0 unspecified atom stereocenters. The third-order valence-corrected chi connectivity index (χ3v) is 4.88. The molecule has 2 aromatic heterocycles. The Kier molecular flexibility index (Phi) is 4.83. The predicted octanol–water partition coefficient (Wildman–Crippen LogP) is 3.18. The quantitative estimate of drug-likeness (QED) is 0.655. The number of nitrogens with one attached hydrogen (secondary N) is 1. The van der Waals surface area contributed by atoms with Crippen molar-refractivity contribution in [1.82, 2.24) is 15.1 Å². The minimum absolute atomic E-state index is 0.0199. The van der Waals surface area contributed by atoms with Gasteiger partial charge in [0.2, 0.25) is 11.7 Å². The van der Waals surface area contributed by atoms with E-state index in [2.05, 4.69) is 20.4 Å². The lowest BCUT2D eigenvalue weighted by atomic mass is 10.3. The van der Waals surface area contributed by atoms with Crippen molar-refractivity contribution in [2.45, 2.75) is 16.9 Å². The summed E-state index contributed by atoms with van der Waals surface area (Å²) in [5.74, 6) is -0.948. The number of nitrogens with zero attached hydrogens (tertiary/aromatic N) is 3. The predicted molar refractivity (Wildman–Crippen MR) is 84.5 cm³/mol. The van der Waals surface area contributed by atoms with Gasteiger partial charge in [0, 0.05) is 18.0 Å². The Morgan fingerprint density at radius 2 is 1.96 bits per heavy atom. The van der Waals surface area contributed by atoms with Gasteiger partial charge in [-0.1, -0.05) is 5.16 Å². The molecule has 1 aromatic carbocycles. The second-order valence-corrected chi connectivity index (χ2v) is 7.11. The molecule has 0 aliphatic rings. The van der Waals surface area contributed by atoms with Crippen LogP contribution in [0.15, 0.2) is 52.1 Å². The Bertz CT molecular complexity index is 1050. The van der Waals surface area contributed by atoms with E-state index >= 15 is 0 Å². The largest absolute Gasteiger partial charge is 0.501 e. The van der Waals surface area contributed by atoms with E-state index in [1.54, 1.807) is 18.3 Å². The maximum Gasteiger partial charge on any atom is 0.501 e. The summed E-state index contributed by atoms with van der Waals surface area (Å²) in [5, 5.41) is 6.14. The van der Waals surface area contributed by atoms with Crippen molar-refractivity contribution in [3.05, 3.63) is 54.4 Å². The van der Waals surface area contributed by atoms with Gasteiger partial charge in [0.1, 0.15) is 10.7 Å². The SMILES string of the molecule is O=S(=O)(c1cc(F)ccc1NCc1nc(-c2cccnc2)no1)C(F)(F)F. The molecule has 0 saturated heterocycles. The van der Waals surface area contributed by atoms with Gasteiger partial charge in [-0.2, -0.15) is 18.2 Å². The molecule has 0 saturated carbocycles. The molecule has 0 atom stereocenters. The summed E-state index contributed by atoms with van der Waals surface area (Å²) in [6, 6.07) is 5.32. The van der Waals surface area contributed by atoms with Gasteiger partial charge in [0.25, 0.3) is 9.84 Å². The van der Waals surface area contributed by atoms with E-state index in [1.807, 2.05) is 0 Å². The van der Waals surface area contributed by atoms with Crippen LogP contribution < -0.4 is 5.32 Å². The van der Waals surface area contributed by atoms with Gasteiger partial charge in [0.15, 0.2) is 0 Å². The van der Waals surface area contributed by atoms with Crippen molar-refractivity contribution < 1.29 is 30.5 Å². The molecule has 0 spiro atoms. The Balaban J connectivity index is 1.85. The summed E-state index contributed by atoms with van der Waals surface area (Å²) >= 11 is 0. The number of anilines is 1. The fourth-order valence-electron chi connectivity index (χ4n) is 2.10. The van der Waals surface area contributed by atoms with Crippen LogP contribution in [-0.2, 0) is 16.4 Å². The van der Waals surface area contributed by atoms with Gasteiger partial charge < -0.3 is 9.84 Å². The van der Waals surface area contributed by atoms with Crippen LogP contribution in [0.25, 0.3) is 11.4 Å². The van der Waals surface area contributed by atoms with Crippen LogP contribution in [0.3, 0.4) is 0 Å².